The largest absolute Gasteiger partial charge is 0.510 e. The van der Waals surface area contributed by atoms with Gasteiger partial charge in [0.2, 0.25) is 5.91 Å². The average Bonchev–Trinajstić information content (AvgIpc) is 3.97. The number of rotatable bonds is 11. The highest BCUT2D eigenvalue weighted by molar-refractivity contribution is 6.31. The molecule has 3 saturated heterocycles. The second-order valence-electron chi connectivity index (χ2n) is 19.9. The molecule has 2 aromatic carbocycles. The van der Waals surface area contributed by atoms with E-state index < -0.39 is 48.6 Å². The molecule has 5 fully saturated rings. The monoisotopic (exact) mass is 949 g/mol. The fourth-order valence-electron chi connectivity index (χ4n) is 11.9. The van der Waals surface area contributed by atoms with Crippen molar-refractivity contribution in [1.29, 1.82) is 5.26 Å². The number of anilines is 2. The van der Waals surface area contributed by atoms with E-state index in [-0.39, 0.29) is 42.8 Å². The number of halogens is 2. The highest BCUT2D eigenvalue weighted by Crippen LogP contribution is 2.59. The van der Waals surface area contributed by atoms with Gasteiger partial charge in [-0.1, -0.05) is 11.6 Å². The number of pyridine rings is 1. The topological polar surface area (TPSA) is 166 Å². The summed E-state index contributed by atoms with van der Waals surface area (Å²) < 4.78 is 31.9. The predicted octanol–water partition coefficient (Wildman–Crippen LogP) is 7.02. The molecule has 3 aromatic rings. The van der Waals surface area contributed by atoms with Crippen LogP contribution in [0.5, 0.6) is 5.75 Å². The SMILES string of the molecule is CC(C)OC(=O)OCN1C(=O)CCC(N2Cc3cc(N4CCN(CC5CCN(c6ccc7c(n6)CC6C(C7=O)[C@H]6C6CCC(Oc7ccc(C#N)c(Cl)c7)CC6)CC5)CC4)c(F)cc3C2=O)C1=O. The second kappa shape index (κ2) is 19.0. The lowest BCUT2D eigenvalue weighted by atomic mass is 9.82. The zero-order chi connectivity index (χ0) is 47.4. The number of nitriles is 1. The Kier molecular flexibility index (Phi) is 12.8. The van der Waals surface area contributed by atoms with Crippen LogP contribution in [0, 0.1) is 46.7 Å². The van der Waals surface area contributed by atoms with Crippen LogP contribution in [0.1, 0.15) is 103 Å². The number of aromatic nitrogens is 1. The van der Waals surface area contributed by atoms with Gasteiger partial charge in [0.15, 0.2) is 12.5 Å². The molecule has 0 bridgehead atoms. The van der Waals surface area contributed by atoms with Gasteiger partial charge in [-0.3, -0.25) is 24.1 Å². The average molecular weight is 951 g/mol. The van der Waals surface area contributed by atoms with E-state index in [2.05, 4.69) is 15.9 Å². The molecule has 3 aliphatic carbocycles. The van der Waals surface area contributed by atoms with Crippen molar-refractivity contribution >= 4 is 52.8 Å². The first-order valence-electron chi connectivity index (χ1n) is 24.3. The Bertz CT molecular complexity index is 2550. The molecule has 0 spiro atoms. The van der Waals surface area contributed by atoms with Crippen molar-refractivity contribution in [2.24, 2.45) is 29.6 Å². The number of likely N-dealkylation sites (tertiary alicyclic amines) is 1. The van der Waals surface area contributed by atoms with Crippen LogP contribution in [0.4, 0.5) is 20.7 Å². The minimum atomic E-state index is -1.00. The van der Waals surface area contributed by atoms with Crippen LogP contribution in [0.15, 0.2) is 42.5 Å². The fourth-order valence-corrected chi connectivity index (χ4v) is 12.1. The lowest BCUT2D eigenvalue weighted by Gasteiger charge is -2.40. The predicted molar refractivity (Wildman–Crippen MR) is 248 cm³/mol. The molecule has 358 valence electrons. The van der Waals surface area contributed by atoms with Gasteiger partial charge < -0.3 is 28.9 Å². The summed E-state index contributed by atoms with van der Waals surface area (Å²) in [6.07, 6.45) is 5.64. The number of nitrogens with zero attached hydrogens (tertiary/aromatic N) is 7. The van der Waals surface area contributed by atoms with E-state index in [4.69, 9.17) is 30.8 Å². The third-order valence-corrected chi connectivity index (χ3v) is 15.8. The van der Waals surface area contributed by atoms with Gasteiger partial charge in [-0.2, -0.15) is 5.26 Å². The molecule has 68 heavy (non-hydrogen) atoms. The summed E-state index contributed by atoms with van der Waals surface area (Å²) >= 11 is 6.23. The van der Waals surface area contributed by atoms with Crippen molar-refractivity contribution < 1.29 is 42.6 Å². The van der Waals surface area contributed by atoms with Crippen molar-refractivity contribution in [3.63, 3.8) is 0 Å². The van der Waals surface area contributed by atoms with Gasteiger partial charge in [-0.05, 0) is 131 Å². The minimum absolute atomic E-state index is 0.0134. The van der Waals surface area contributed by atoms with Gasteiger partial charge >= 0.3 is 6.16 Å². The van der Waals surface area contributed by atoms with Crippen LogP contribution in [0.2, 0.25) is 5.02 Å². The van der Waals surface area contributed by atoms with Gasteiger partial charge in [0.25, 0.3) is 11.8 Å². The summed E-state index contributed by atoms with van der Waals surface area (Å²) in [6, 6.07) is 13.4. The number of ether oxygens (including phenoxy) is 3. The molecule has 2 saturated carbocycles. The third-order valence-electron chi connectivity index (χ3n) is 15.5. The van der Waals surface area contributed by atoms with Crippen LogP contribution in [0.25, 0.3) is 0 Å². The number of piperazine rings is 1. The number of fused-ring (bicyclic) bond motifs is 3. The molecule has 4 atom stereocenters. The molecule has 1 aromatic heterocycles. The van der Waals surface area contributed by atoms with Gasteiger partial charge in [-0.15, -0.1) is 0 Å². The molecule has 0 radical (unpaired) electrons. The normalized spacial score (nSPS) is 26.4. The van der Waals surface area contributed by atoms with Crippen molar-refractivity contribution in [2.75, 3.05) is 62.3 Å². The summed E-state index contributed by atoms with van der Waals surface area (Å²) in [5.74, 6) is 1.72. The Labute approximate surface area is 400 Å². The zero-order valence-electron chi connectivity index (χ0n) is 38.5. The van der Waals surface area contributed by atoms with Crippen molar-refractivity contribution in [1.82, 2.24) is 19.7 Å². The quantitative estimate of drug-likeness (QED) is 0.142. The number of carbonyl (C=O) groups is 5. The zero-order valence-corrected chi connectivity index (χ0v) is 39.3. The summed E-state index contributed by atoms with van der Waals surface area (Å²) in [5.41, 5.74) is 3.46. The number of carbonyl (C=O) groups excluding carboxylic acids is 5. The number of hydrogen-bond acceptors (Lipinski definition) is 13. The number of ketones is 1. The van der Waals surface area contributed by atoms with Crippen LogP contribution in [-0.4, -0.2) is 120 Å². The van der Waals surface area contributed by atoms with Crippen LogP contribution in [-0.2, 0) is 32.0 Å². The standard InChI is InChI=1S/C51H57ClFN7O8/c1-29(2)67-51(65)66-28-60-45(61)12-10-42(50(60)64)59-27-33-21-43(40(53)23-37(33)49(59)63)57-19-17-56(18-20-57)26-30-13-15-58(16-14-30)44-11-9-36-41(55-44)24-38-46(47(38)48(36)62)31-3-6-34(7-4-31)68-35-8-5-32(25-54)39(52)22-35/h5,8-9,11,21-23,29-31,34,38,42,46-47H,3-4,6-7,10,12-20,24,26-28H2,1-2H3/t31?,34?,38?,42?,46-,47?/m0/s1. The molecule has 4 aliphatic heterocycles. The van der Waals surface area contributed by atoms with E-state index in [1.165, 1.54) is 11.0 Å². The van der Waals surface area contributed by atoms with E-state index in [0.29, 0.717) is 64.3 Å². The number of amides is 3. The number of imide groups is 1. The summed E-state index contributed by atoms with van der Waals surface area (Å²) in [4.78, 5) is 79.4. The smallest absolute Gasteiger partial charge is 0.490 e. The van der Waals surface area contributed by atoms with Crippen LogP contribution >= 0.6 is 11.6 Å². The van der Waals surface area contributed by atoms with Gasteiger partial charge in [0, 0.05) is 81.9 Å². The lowest BCUT2D eigenvalue weighted by molar-refractivity contribution is -0.157. The Morgan fingerprint density at radius 3 is 2.40 bits per heavy atom. The van der Waals surface area contributed by atoms with E-state index >= 15 is 4.39 Å². The third kappa shape index (κ3) is 9.11. The highest BCUT2D eigenvalue weighted by Gasteiger charge is 2.60. The fraction of sp³-hybridized carbons (Fsp3) is 0.549. The first-order valence-corrected chi connectivity index (χ1v) is 24.6. The van der Waals surface area contributed by atoms with Crippen molar-refractivity contribution in [3.8, 4) is 11.8 Å². The second-order valence-corrected chi connectivity index (χ2v) is 20.3. The van der Waals surface area contributed by atoms with E-state index in [0.717, 1.165) is 99.6 Å². The molecule has 3 unspecified atom stereocenters. The molecule has 15 nitrogen and oxygen atoms in total. The molecular weight excluding hydrogens is 893 g/mol. The lowest BCUT2D eigenvalue weighted by Crippen LogP contribution is -2.55. The number of Topliss-reactive ketones (excluding diaryl/α,β-unsaturated/α-hetero) is 1. The number of hydrogen-bond donors (Lipinski definition) is 0. The molecule has 3 amide bonds. The number of piperidine rings is 2. The Hall–Kier alpha value is -5.79. The van der Waals surface area contributed by atoms with Crippen molar-refractivity contribution in [3.05, 3.63) is 81.3 Å². The maximum atomic E-state index is 15.8. The highest BCUT2D eigenvalue weighted by atomic mass is 35.5. The molecular formula is C51H57ClFN7O8. The van der Waals surface area contributed by atoms with E-state index in [1.807, 2.05) is 23.1 Å². The van der Waals surface area contributed by atoms with E-state index in [9.17, 15) is 29.2 Å². The Morgan fingerprint density at radius 2 is 1.68 bits per heavy atom. The molecule has 5 heterocycles. The summed E-state index contributed by atoms with van der Waals surface area (Å²) in [6.45, 7) is 8.37. The maximum Gasteiger partial charge on any atom is 0.510 e. The summed E-state index contributed by atoms with van der Waals surface area (Å²) in [7, 11) is 0. The Morgan fingerprint density at radius 1 is 0.912 bits per heavy atom. The first kappa shape index (κ1) is 46.0. The molecule has 7 aliphatic rings. The van der Waals surface area contributed by atoms with Crippen molar-refractivity contribution in [2.45, 2.75) is 96.4 Å². The summed E-state index contributed by atoms with van der Waals surface area (Å²) in [5, 5.41) is 9.59. The molecule has 10 rings (SSSR count). The molecule has 0 N–H and O–H groups in total. The van der Waals surface area contributed by atoms with Gasteiger partial charge in [0.1, 0.15) is 29.5 Å². The van der Waals surface area contributed by atoms with E-state index in [1.54, 1.807) is 32.0 Å². The maximum absolute atomic E-state index is 15.8. The van der Waals surface area contributed by atoms with Crippen LogP contribution < -0.4 is 14.5 Å². The van der Waals surface area contributed by atoms with Gasteiger partial charge in [-0.25, -0.2) is 19.1 Å². The van der Waals surface area contributed by atoms with Gasteiger partial charge in [0.05, 0.1) is 34.2 Å². The minimum Gasteiger partial charge on any atom is -0.490 e. The number of benzene rings is 2. The first-order chi connectivity index (χ1) is 32.8. The van der Waals surface area contributed by atoms with Crippen LogP contribution in [0.3, 0.4) is 0 Å². The molecule has 17 heteroatoms. The Balaban J connectivity index is 0.675.